The lowest BCUT2D eigenvalue weighted by Crippen LogP contribution is -2.40. The zero-order chi connectivity index (χ0) is 35.7. The lowest BCUT2D eigenvalue weighted by Gasteiger charge is -2.23. The number of rotatable bonds is 10. The molecule has 2 aromatic carbocycles. The van der Waals surface area contributed by atoms with Crippen molar-refractivity contribution >= 4 is 29.0 Å². The summed E-state index contributed by atoms with van der Waals surface area (Å²) in [4.78, 5) is 30.9. The average Bonchev–Trinajstić information content (AvgIpc) is 3.92. The highest BCUT2D eigenvalue weighted by atomic mass is 16.6. The van der Waals surface area contributed by atoms with Gasteiger partial charge >= 0.3 is 6.09 Å². The van der Waals surface area contributed by atoms with Gasteiger partial charge in [0, 0.05) is 25.6 Å². The maximum atomic E-state index is 12.6. The van der Waals surface area contributed by atoms with Crippen molar-refractivity contribution in [3.63, 3.8) is 0 Å². The minimum atomic E-state index is -1.10. The highest BCUT2D eigenvalue weighted by molar-refractivity contribution is 5.84. The zero-order valence-corrected chi connectivity index (χ0v) is 29.4. The molecule has 1 amide bonds. The van der Waals surface area contributed by atoms with Crippen LogP contribution >= 0.6 is 0 Å². The van der Waals surface area contributed by atoms with Crippen LogP contribution in [0.15, 0.2) is 73.2 Å². The second-order valence-corrected chi connectivity index (χ2v) is 14.4. The molecule has 268 valence electrons. The Morgan fingerprint density at radius 1 is 1.00 bits per heavy atom. The minimum absolute atomic E-state index is 0.0271. The van der Waals surface area contributed by atoms with Gasteiger partial charge in [0.25, 0.3) is 0 Å². The number of nitrogens with one attached hydrogen (secondary N) is 2. The number of aryl methyl sites for hydroxylation is 1. The first-order valence-electron chi connectivity index (χ1n) is 17.7. The second kappa shape index (κ2) is 14.3. The zero-order valence-electron chi connectivity index (χ0n) is 29.4. The number of hydrogen-bond donors (Lipinski definition) is 4. The van der Waals surface area contributed by atoms with Crippen LogP contribution in [0.25, 0.3) is 11.2 Å². The molecule has 1 unspecified atom stereocenters. The topological polar surface area (TPSA) is 168 Å². The van der Waals surface area contributed by atoms with E-state index in [0.717, 1.165) is 23.2 Å². The lowest BCUT2D eigenvalue weighted by atomic mass is 9.91. The lowest BCUT2D eigenvalue weighted by molar-refractivity contribution is 0.00497. The summed E-state index contributed by atoms with van der Waals surface area (Å²) in [5.41, 5.74) is 3.62. The van der Waals surface area contributed by atoms with Crippen LogP contribution in [0.1, 0.15) is 75.4 Å². The van der Waals surface area contributed by atoms with E-state index in [-0.39, 0.29) is 12.0 Å². The first-order valence-corrected chi connectivity index (χ1v) is 17.7. The predicted octanol–water partition coefficient (Wildman–Crippen LogP) is 4.24. The average molecular weight is 695 g/mol. The number of carbonyl (C=O) groups is 1. The first-order chi connectivity index (χ1) is 24.6. The van der Waals surface area contributed by atoms with Crippen LogP contribution in [-0.2, 0) is 11.2 Å². The number of hydrogen-bond acceptors (Lipinski definition) is 11. The monoisotopic (exact) mass is 694 g/mol. The second-order valence-electron chi connectivity index (χ2n) is 14.4. The van der Waals surface area contributed by atoms with Crippen molar-refractivity contribution < 1.29 is 19.7 Å². The third kappa shape index (κ3) is 7.38. The Bertz CT molecular complexity index is 1900. The fraction of sp³-hybridized carbons (Fsp3) is 0.459. The Labute approximate surface area is 296 Å². The van der Waals surface area contributed by atoms with Crippen LogP contribution in [0.2, 0.25) is 0 Å². The van der Waals surface area contributed by atoms with E-state index in [2.05, 4.69) is 45.1 Å². The van der Waals surface area contributed by atoms with Crippen LogP contribution in [0, 0.1) is 0 Å². The van der Waals surface area contributed by atoms with Crippen molar-refractivity contribution in [2.45, 2.75) is 88.8 Å². The summed E-state index contributed by atoms with van der Waals surface area (Å²) in [6.07, 6.45) is 2.50. The Kier molecular flexibility index (Phi) is 9.62. The standard InChI is InChI=1S/C37H46N10O4/c1-5-25-19-40-47(44-25)29-18-28(31(48)32(29)49)46-22-39-30-33(38-20-27(23-12-8-6-9-13-23)24-14-10-7-11-15-24)42-35(43-34(30)46)45-17-16-26(21-45)41-36(50)51-37(2,3)4/h6-15,19,22,26-29,31-32,48-49H,5,16-18,20-21H2,1-4H3,(H,41,50)(H,38,42,43)/t26?,28-,29+,31+,32-/m1/s1. The van der Waals surface area contributed by atoms with Gasteiger partial charge in [0.1, 0.15) is 23.9 Å². The molecule has 1 aliphatic carbocycles. The third-order valence-electron chi connectivity index (χ3n) is 9.67. The van der Waals surface area contributed by atoms with Crippen LogP contribution in [0.3, 0.4) is 0 Å². The minimum Gasteiger partial charge on any atom is -0.444 e. The Hall–Kier alpha value is -5.08. The molecule has 3 aromatic heterocycles. The molecule has 4 N–H and O–H groups in total. The quantitative estimate of drug-likeness (QED) is 0.165. The molecule has 2 aliphatic rings. The number of carbonyl (C=O) groups excluding carboxylic acids is 1. The van der Waals surface area contributed by atoms with Crippen LogP contribution in [0.4, 0.5) is 16.6 Å². The number of alkyl carbamates (subject to hydrolysis) is 1. The number of aliphatic hydroxyl groups is 2. The van der Waals surface area contributed by atoms with E-state index < -0.39 is 36.0 Å². The van der Waals surface area contributed by atoms with Gasteiger partial charge in [-0.3, -0.25) is 0 Å². The smallest absolute Gasteiger partial charge is 0.407 e. The van der Waals surface area contributed by atoms with Gasteiger partial charge in [0.15, 0.2) is 17.0 Å². The first kappa shape index (κ1) is 34.4. The number of imidazole rings is 1. The summed E-state index contributed by atoms with van der Waals surface area (Å²) in [5, 5.41) is 38.0. The largest absolute Gasteiger partial charge is 0.444 e. The summed E-state index contributed by atoms with van der Waals surface area (Å²) in [6.45, 7) is 9.16. The maximum Gasteiger partial charge on any atom is 0.407 e. The fourth-order valence-corrected chi connectivity index (χ4v) is 7.07. The predicted molar refractivity (Wildman–Crippen MR) is 193 cm³/mol. The summed E-state index contributed by atoms with van der Waals surface area (Å²) in [7, 11) is 0. The summed E-state index contributed by atoms with van der Waals surface area (Å²) in [6, 6.07) is 19.5. The molecule has 4 heterocycles. The summed E-state index contributed by atoms with van der Waals surface area (Å²) < 4.78 is 7.33. The number of amides is 1. The highest BCUT2D eigenvalue weighted by Gasteiger charge is 2.45. The van der Waals surface area contributed by atoms with E-state index in [0.29, 0.717) is 55.4 Å². The Balaban J connectivity index is 1.22. The van der Waals surface area contributed by atoms with Crippen molar-refractivity contribution in [2.24, 2.45) is 0 Å². The molecule has 14 nitrogen and oxygen atoms in total. The van der Waals surface area contributed by atoms with E-state index in [1.54, 1.807) is 12.5 Å². The summed E-state index contributed by atoms with van der Waals surface area (Å²) in [5.74, 6) is 1.06. The highest BCUT2D eigenvalue weighted by Crippen LogP contribution is 2.40. The molecule has 1 aliphatic heterocycles. The van der Waals surface area contributed by atoms with E-state index in [1.807, 2.05) is 73.6 Å². The number of fused-ring (bicyclic) bond motifs is 1. The molecule has 5 atom stereocenters. The number of ether oxygens (including phenoxy) is 1. The molecule has 1 saturated carbocycles. The van der Waals surface area contributed by atoms with Gasteiger partial charge < -0.3 is 35.1 Å². The number of nitrogens with zero attached hydrogens (tertiary/aromatic N) is 8. The Morgan fingerprint density at radius 2 is 1.69 bits per heavy atom. The molecular weight excluding hydrogens is 648 g/mol. The van der Waals surface area contributed by atoms with Gasteiger partial charge in [-0.25, -0.2) is 9.78 Å². The molecule has 14 heteroatoms. The molecule has 51 heavy (non-hydrogen) atoms. The van der Waals surface area contributed by atoms with Crippen LogP contribution in [-0.4, -0.2) is 94.3 Å². The molecule has 5 aromatic rings. The maximum absolute atomic E-state index is 12.6. The number of anilines is 2. The SMILES string of the molecule is CCc1cnn([C@H]2C[C@@H](n3cnc4c(NCC(c5ccccc5)c5ccccc5)nc(N5CCC(NC(=O)OC(C)(C)C)C5)nc43)[C@H](O)[C@@H]2O)n1. The molecular formula is C37H46N10O4. The molecule has 0 spiro atoms. The van der Waals surface area contributed by atoms with Gasteiger partial charge in [-0.2, -0.15) is 25.0 Å². The van der Waals surface area contributed by atoms with Gasteiger partial charge in [-0.05, 0) is 51.2 Å². The van der Waals surface area contributed by atoms with E-state index in [4.69, 9.17) is 19.7 Å². The van der Waals surface area contributed by atoms with Gasteiger partial charge in [0.05, 0.1) is 30.3 Å². The van der Waals surface area contributed by atoms with Crippen molar-refractivity contribution in [1.29, 1.82) is 0 Å². The van der Waals surface area contributed by atoms with Crippen molar-refractivity contribution in [3.05, 3.63) is 90.0 Å². The van der Waals surface area contributed by atoms with Crippen molar-refractivity contribution in [3.8, 4) is 0 Å². The van der Waals surface area contributed by atoms with Gasteiger partial charge in [0.2, 0.25) is 5.95 Å². The van der Waals surface area contributed by atoms with Crippen molar-refractivity contribution in [2.75, 3.05) is 29.9 Å². The summed E-state index contributed by atoms with van der Waals surface area (Å²) >= 11 is 0. The van der Waals surface area contributed by atoms with Gasteiger partial charge in [-0.1, -0.05) is 67.6 Å². The molecule has 2 fully saturated rings. The third-order valence-corrected chi connectivity index (χ3v) is 9.67. The normalized spacial score (nSPS) is 22.2. The number of benzene rings is 2. The van der Waals surface area contributed by atoms with Crippen LogP contribution in [0.5, 0.6) is 0 Å². The van der Waals surface area contributed by atoms with E-state index in [9.17, 15) is 15.0 Å². The fourth-order valence-electron chi connectivity index (χ4n) is 7.07. The molecule has 0 bridgehead atoms. The number of aromatic nitrogens is 7. The van der Waals surface area contributed by atoms with E-state index >= 15 is 0 Å². The Morgan fingerprint density at radius 3 is 2.33 bits per heavy atom. The molecule has 0 radical (unpaired) electrons. The number of aliphatic hydroxyl groups excluding tert-OH is 2. The van der Waals surface area contributed by atoms with E-state index in [1.165, 1.54) is 4.80 Å². The van der Waals surface area contributed by atoms with Crippen LogP contribution < -0.4 is 15.5 Å². The molecule has 7 rings (SSSR count). The van der Waals surface area contributed by atoms with Gasteiger partial charge in [-0.15, -0.1) is 0 Å². The molecule has 1 saturated heterocycles. The van der Waals surface area contributed by atoms with Crippen molar-refractivity contribution in [1.82, 2.24) is 39.8 Å².